The molecule has 0 saturated carbocycles. The van der Waals surface area contributed by atoms with Crippen LogP contribution in [0.25, 0.3) is 0 Å². The van der Waals surface area contributed by atoms with Gasteiger partial charge in [-0.25, -0.2) is 8.42 Å². The van der Waals surface area contributed by atoms with Crippen LogP contribution < -0.4 is 5.32 Å². The summed E-state index contributed by atoms with van der Waals surface area (Å²) >= 11 is 3.40. The van der Waals surface area contributed by atoms with Crippen molar-refractivity contribution >= 4 is 25.8 Å². The molecule has 1 rings (SSSR count). The lowest BCUT2D eigenvalue weighted by atomic mass is 9.96. The first-order valence-corrected chi connectivity index (χ1v) is 8.70. The minimum atomic E-state index is -2.89. The third kappa shape index (κ3) is 5.08. The topological polar surface area (TPSA) is 46.2 Å². The van der Waals surface area contributed by atoms with E-state index in [1.807, 2.05) is 31.3 Å². The molecule has 1 aromatic carbocycles. The lowest BCUT2D eigenvalue weighted by Crippen LogP contribution is -2.20. The van der Waals surface area contributed by atoms with Crippen LogP contribution in [-0.4, -0.2) is 33.5 Å². The quantitative estimate of drug-likeness (QED) is 0.834. The second kappa shape index (κ2) is 7.26. The summed E-state index contributed by atoms with van der Waals surface area (Å²) < 4.78 is 24.2. The van der Waals surface area contributed by atoms with E-state index in [2.05, 4.69) is 21.2 Å². The van der Waals surface area contributed by atoms with Crippen molar-refractivity contribution in [2.45, 2.75) is 19.3 Å². The molecule has 0 aliphatic heterocycles. The van der Waals surface area contributed by atoms with Crippen LogP contribution in [0.15, 0.2) is 28.7 Å². The molecule has 0 aromatic heterocycles. The zero-order valence-electron chi connectivity index (χ0n) is 10.8. The smallest absolute Gasteiger partial charge is 0.150 e. The highest BCUT2D eigenvalue weighted by molar-refractivity contribution is 9.10. The van der Waals surface area contributed by atoms with E-state index in [-0.39, 0.29) is 17.4 Å². The summed E-state index contributed by atoms with van der Waals surface area (Å²) in [7, 11) is -0.997. The Morgan fingerprint density at radius 2 is 1.89 bits per heavy atom. The second-order valence-electron chi connectivity index (χ2n) is 4.33. The third-order valence-electron chi connectivity index (χ3n) is 3.01. The molecule has 1 aromatic rings. The van der Waals surface area contributed by atoms with Gasteiger partial charge in [0.1, 0.15) is 9.84 Å². The molecule has 0 spiro atoms. The highest BCUT2D eigenvalue weighted by Crippen LogP contribution is 2.22. The molecule has 102 valence electrons. The highest BCUT2D eigenvalue weighted by atomic mass is 79.9. The van der Waals surface area contributed by atoms with Crippen LogP contribution in [0.1, 0.15) is 24.8 Å². The summed E-state index contributed by atoms with van der Waals surface area (Å²) in [5, 5.41) is 3.13. The number of rotatable bonds is 7. The highest BCUT2D eigenvalue weighted by Gasteiger charge is 2.15. The minimum Gasteiger partial charge on any atom is -0.319 e. The molecule has 0 aliphatic carbocycles. The average Bonchev–Trinajstić information content (AvgIpc) is 2.36. The zero-order chi connectivity index (χ0) is 13.6. The van der Waals surface area contributed by atoms with Gasteiger partial charge < -0.3 is 5.32 Å². The van der Waals surface area contributed by atoms with Gasteiger partial charge in [-0.15, -0.1) is 0 Å². The van der Waals surface area contributed by atoms with Crippen LogP contribution in [0.5, 0.6) is 0 Å². The van der Waals surface area contributed by atoms with Crippen LogP contribution in [0.3, 0.4) is 0 Å². The maximum atomic E-state index is 11.6. The molecule has 0 heterocycles. The molecule has 0 amide bonds. The Hall–Kier alpha value is -0.390. The lowest BCUT2D eigenvalue weighted by molar-refractivity contribution is 0.575. The Labute approximate surface area is 118 Å². The van der Waals surface area contributed by atoms with E-state index < -0.39 is 9.84 Å². The van der Waals surface area contributed by atoms with Crippen molar-refractivity contribution in [2.24, 2.45) is 0 Å². The van der Waals surface area contributed by atoms with E-state index >= 15 is 0 Å². The van der Waals surface area contributed by atoms with Crippen molar-refractivity contribution in [3.8, 4) is 0 Å². The van der Waals surface area contributed by atoms with Gasteiger partial charge in [0, 0.05) is 16.8 Å². The maximum absolute atomic E-state index is 11.6. The fourth-order valence-corrected chi connectivity index (χ4v) is 3.03. The summed E-state index contributed by atoms with van der Waals surface area (Å²) in [4.78, 5) is 0. The molecule has 0 fully saturated rings. The van der Waals surface area contributed by atoms with Gasteiger partial charge in [0.2, 0.25) is 0 Å². The Kier molecular flexibility index (Phi) is 6.32. The van der Waals surface area contributed by atoms with Crippen molar-refractivity contribution in [1.82, 2.24) is 5.32 Å². The summed E-state index contributed by atoms with van der Waals surface area (Å²) in [6.07, 6.45) is 0.665. The Balaban J connectivity index is 2.74. The molecule has 3 nitrogen and oxygen atoms in total. The predicted molar refractivity (Wildman–Crippen MR) is 79.8 cm³/mol. The lowest BCUT2D eigenvalue weighted by Gasteiger charge is -2.17. The van der Waals surface area contributed by atoms with Crippen LogP contribution in [-0.2, 0) is 9.84 Å². The molecule has 0 radical (unpaired) electrons. The number of hydrogen-bond donors (Lipinski definition) is 1. The Morgan fingerprint density at radius 3 is 2.39 bits per heavy atom. The summed E-state index contributed by atoms with van der Waals surface area (Å²) in [5.74, 6) is 0.718. The van der Waals surface area contributed by atoms with Crippen molar-refractivity contribution < 1.29 is 8.42 Å². The number of nitrogens with one attached hydrogen (secondary N) is 1. The molecule has 1 unspecified atom stereocenters. The summed E-state index contributed by atoms with van der Waals surface area (Å²) in [5.41, 5.74) is 1.18. The first kappa shape index (κ1) is 15.7. The van der Waals surface area contributed by atoms with E-state index in [9.17, 15) is 8.42 Å². The van der Waals surface area contributed by atoms with Crippen LogP contribution in [0.2, 0.25) is 0 Å². The predicted octanol–water partition coefficient (Wildman–Crippen LogP) is 2.58. The molecule has 0 bridgehead atoms. The van der Waals surface area contributed by atoms with Gasteiger partial charge in [0.25, 0.3) is 0 Å². The maximum Gasteiger partial charge on any atom is 0.150 e. The van der Waals surface area contributed by atoms with Crippen LogP contribution >= 0.6 is 15.9 Å². The number of benzene rings is 1. The van der Waals surface area contributed by atoms with Gasteiger partial charge in [-0.1, -0.05) is 35.0 Å². The SMILES string of the molecule is CCS(=O)(=O)CCC(CNC)c1ccc(Br)cc1. The Bertz CT molecular complexity index is 456. The molecular formula is C13H20BrNO2S. The molecular weight excluding hydrogens is 314 g/mol. The molecule has 0 aliphatic rings. The van der Waals surface area contributed by atoms with E-state index in [1.54, 1.807) is 6.92 Å². The van der Waals surface area contributed by atoms with Crippen molar-refractivity contribution in [2.75, 3.05) is 25.1 Å². The van der Waals surface area contributed by atoms with Gasteiger partial charge in [-0.05, 0) is 37.1 Å². The first-order chi connectivity index (χ1) is 8.48. The number of hydrogen-bond acceptors (Lipinski definition) is 3. The average molecular weight is 334 g/mol. The standard InChI is InChI=1S/C13H20BrNO2S/c1-3-18(16,17)9-8-12(10-15-2)11-4-6-13(14)7-5-11/h4-7,12,15H,3,8-10H2,1-2H3. The fourth-order valence-electron chi connectivity index (χ4n) is 1.83. The number of sulfone groups is 1. The number of halogens is 1. The van der Waals surface area contributed by atoms with Gasteiger partial charge in [0.15, 0.2) is 0 Å². The molecule has 5 heteroatoms. The largest absolute Gasteiger partial charge is 0.319 e. The second-order valence-corrected chi connectivity index (χ2v) is 7.72. The van der Waals surface area contributed by atoms with Gasteiger partial charge in [-0.3, -0.25) is 0 Å². The molecule has 18 heavy (non-hydrogen) atoms. The molecule has 1 atom stereocenters. The van der Waals surface area contributed by atoms with E-state index in [0.29, 0.717) is 6.42 Å². The van der Waals surface area contributed by atoms with Gasteiger partial charge >= 0.3 is 0 Å². The fraction of sp³-hybridized carbons (Fsp3) is 0.538. The normalized spacial score (nSPS) is 13.5. The summed E-state index contributed by atoms with van der Waals surface area (Å²) in [6, 6.07) is 8.08. The van der Waals surface area contributed by atoms with Crippen molar-refractivity contribution in [1.29, 1.82) is 0 Å². The van der Waals surface area contributed by atoms with E-state index in [1.165, 1.54) is 5.56 Å². The van der Waals surface area contributed by atoms with Crippen molar-refractivity contribution in [3.05, 3.63) is 34.3 Å². The van der Waals surface area contributed by atoms with Crippen LogP contribution in [0.4, 0.5) is 0 Å². The van der Waals surface area contributed by atoms with E-state index in [0.717, 1.165) is 11.0 Å². The Morgan fingerprint density at radius 1 is 1.28 bits per heavy atom. The van der Waals surface area contributed by atoms with Gasteiger partial charge in [-0.2, -0.15) is 0 Å². The van der Waals surface area contributed by atoms with Crippen LogP contribution in [0, 0.1) is 0 Å². The van der Waals surface area contributed by atoms with Crippen molar-refractivity contribution in [3.63, 3.8) is 0 Å². The first-order valence-electron chi connectivity index (χ1n) is 6.09. The molecule has 0 saturated heterocycles. The minimum absolute atomic E-state index is 0.222. The summed E-state index contributed by atoms with van der Waals surface area (Å²) in [6.45, 7) is 2.49. The zero-order valence-corrected chi connectivity index (χ0v) is 13.2. The van der Waals surface area contributed by atoms with E-state index in [4.69, 9.17) is 0 Å². The molecule has 1 N–H and O–H groups in total. The third-order valence-corrected chi connectivity index (χ3v) is 5.28. The monoisotopic (exact) mass is 333 g/mol. The number of likely N-dealkylation sites (N-methyl/N-ethyl adjacent to an activating group) is 1. The van der Waals surface area contributed by atoms with Gasteiger partial charge in [0.05, 0.1) is 5.75 Å².